The summed E-state index contributed by atoms with van der Waals surface area (Å²) < 4.78 is 7.33. The van der Waals surface area contributed by atoms with Gasteiger partial charge in [-0.3, -0.25) is 9.59 Å². The van der Waals surface area contributed by atoms with Gasteiger partial charge in [0.2, 0.25) is 11.8 Å². The van der Waals surface area contributed by atoms with Gasteiger partial charge < -0.3 is 4.74 Å². The Kier molecular flexibility index (Phi) is 3.23. The molecule has 3 aliphatic rings. The summed E-state index contributed by atoms with van der Waals surface area (Å²) in [6, 6.07) is 7.43. The van der Waals surface area contributed by atoms with Crippen molar-refractivity contribution in [1.29, 1.82) is 0 Å². The van der Waals surface area contributed by atoms with E-state index in [1.165, 1.54) is 6.33 Å². The minimum atomic E-state index is -0.369. The van der Waals surface area contributed by atoms with Gasteiger partial charge in [0.1, 0.15) is 6.33 Å². The number of aromatic nitrogens is 3. The highest BCUT2D eigenvalue weighted by atomic mass is 35.5. The minimum Gasteiger partial charge on any atom is -0.373 e. The SMILES string of the molecule is O=C1[C@@H]2[C@@H](C(=O)N1c1ncn(Cc3cccc(Cl)c3)n1)[C@@H]1CC[C@@H]2O1. The Morgan fingerprint density at radius 2 is 1.88 bits per heavy atom. The van der Waals surface area contributed by atoms with Crippen LogP contribution in [0.3, 0.4) is 0 Å². The minimum absolute atomic E-state index is 0.134. The van der Waals surface area contributed by atoms with Crippen LogP contribution in [0.2, 0.25) is 5.02 Å². The molecule has 0 spiro atoms. The molecule has 4 heterocycles. The van der Waals surface area contributed by atoms with Crippen LogP contribution in [-0.2, 0) is 20.9 Å². The Bertz CT molecular complexity index is 854. The molecule has 0 unspecified atom stereocenters. The lowest BCUT2D eigenvalue weighted by atomic mass is 9.81. The average Bonchev–Trinajstić information content (AvgIpc) is 3.33. The van der Waals surface area contributed by atoms with Crippen molar-refractivity contribution in [3.8, 4) is 0 Å². The summed E-state index contributed by atoms with van der Waals surface area (Å²) in [6.07, 6.45) is 2.94. The second-order valence-corrected chi connectivity index (χ2v) is 7.16. The molecule has 2 amide bonds. The number of fused-ring (bicyclic) bond motifs is 5. The lowest BCUT2D eigenvalue weighted by Crippen LogP contribution is -2.35. The van der Waals surface area contributed by atoms with E-state index in [1.807, 2.05) is 18.2 Å². The van der Waals surface area contributed by atoms with E-state index < -0.39 is 0 Å². The molecular formula is C17H15ClN4O3. The van der Waals surface area contributed by atoms with Crippen LogP contribution in [0.1, 0.15) is 18.4 Å². The molecule has 5 rings (SSSR count). The number of nitrogens with zero attached hydrogens (tertiary/aromatic N) is 4. The van der Waals surface area contributed by atoms with Crippen molar-refractivity contribution in [2.24, 2.45) is 11.8 Å². The molecular weight excluding hydrogens is 344 g/mol. The fourth-order valence-corrected chi connectivity index (χ4v) is 4.41. The topological polar surface area (TPSA) is 77.3 Å². The van der Waals surface area contributed by atoms with E-state index >= 15 is 0 Å². The van der Waals surface area contributed by atoms with Crippen molar-refractivity contribution in [3.05, 3.63) is 41.2 Å². The number of benzene rings is 1. The van der Waals surface area contributed by atoms with E-state index in [-0.39, 0.29) is 41.8 Å². The van der Waals surface area contributed by atoms with Gasteiger partial charge in [-0.05, 0) is 30.5 Å². The predicted molar refractivity (Wildman–Crippen MR) is 87.9 cm³/mol. The van der Waals surface area contributed by atoms with Crippen molar-refractivity contribution < 1.29 is 14.3 Å². The molecule has 4 atom stereocenters. The van der Waals surface area contributed by atoms with Gasteiger partial charge in [-0.25, -0.2) is 9.58 Å². The summed E-state index contributed by atoms with van der Waals surface area (Å²) in [7, 11) is 0. The molecule has 0 N–H and O–H groups in total. The highest BCUT2D eigenvalue weighted by Crippen LogP contribution is 2.48. The average molecular weight is 359 g/mol. The van der Waals surface area contributed by atoms with Gasteiger partial charge in [0.15, 0.2) is 0 Å². The monoisotopic (exact) mass is 358 g/mol. The summed E-state index contributed by atoms with van der Waals surface area (Å²) in [5.74, 6) is -1.06. The summed E-state index contributed by atoms with van der Waals surface area (Å²) in [5.41, 5.74) is 0.964. The van der Waals surface area contributed by atoms with E-state index in [0.717, 1.165) is 23.3 Å². The molecule has 3 fully saturated rings. The third kappa shape index (κ3) is 2.22. The molecule has 1 aromatic heterocycles. The fraction of sp³-hybridized carbons (Fsp3) is 0.412. The predicted octanol–water partition coefficient (Wildman–Crippen LogP) is 1.65. The van der Waals surface area contributed by atoms with Crippen LogP contribution in [0.15, 0.2) is 30.6 Å². The van der Waals surface area contributed by atoms with Crippen LogP contribution in [0.25, 0.3) is 0 Å². The van der Waals surface area contributed by atoms with Crippen LogP contribution < -0.4 is 4.90 Å². The lowest BCUT2D eigenvalue weighted by molar-refractivity contribution is -0.124. The van der Waals surface area contributed by atoms with Gasteiger partial charge in [-0.2, -0.15) is 4.98 Å². The van der Waals surface area contributed by atoms with Gasteiger partial charge >= 0.3 is 0 Å². The largest absolute Gasteiger partial charge is 0.373 e. The molecule has 0 aliphatic carbocycles. The second kappa shape index (κ2) is 5.37. The maximum Gasteiger partial charge on any atom is 0.258 e. The lowest BCUT2D eigenvalue weighted by Gasteiger charge is -2.14. The first-order chi connectivity index (χ1) is 12.1. The summed E-state index contributed by atoms with van der Waals surface area (Å²) in [5, 5.41) is 4.97. The molecule has 2 bridgehead atoms. The van der Waals surface area contributed by atoms with Crippen LogP contribution in [0.4, 0.5) is 5.95 Å². The first kappa shape index (κ1) is 15.0. The van der Waals surface area contributed by atoms with Gasteiger partial charge in [0.05, 0.1) is 30.6 Å². The summed E-state index contributed by atoms with van der Waals surface area (Å²) in [6.45, 7) is 0.463. The van der Waals surface area contributed by atoms with Crippen molar-refractivity contribution in [3.63, 3.8) is 0 Å². The molecule has 1 aromatic carbocycles. The number of imide groups is 1. The number of carbonyl (C=O) groups is 2. The van der Waals surface area contributed by atoms with Crippen molar-refractivity contribution in [2.75, 3.05) is 4.90 Å². The van der Waals surface area contributed by atoms with E-state index in [9.17, 15) is 9.59 Å². The number of ether oxygens (including phenoxy) is 1. The zero-order valence-electron chi connectivity index (χ0n) is 13.2. The molecule has 25 heavy (non-hydrogen) atoms. The van der Waals surface area contributed by atoms with Crippen molar-refractivity contribution in [2.45, 2.75) is 31.6 Å². The van der Waals surface area contributed by atoms with Gasteiger partial charge in [0, 0.05) is 5.02 Å². The third-order valence-electron chi connectivity index (χ3n) is 5.24. The zero-order chi connectivity index (χ0) is 17.1. The number of rotatable bonds is 3. The Hall–Kier alpha value is -2.25. The van der Waals surface area contributed by atoms with Gasteiger partial charge in [-0.1, -0.05) is 23.7 Å². The number of anilines is 1. The van der Waals surface area contributed by atoms with Crippen LogP contribution in [-0.4, -0.2) is 38.8 Å². The number of halogens is 1. The van der Waals surface area contributed by atoms with E-state index in [0.29, 0.717) is 11.6 Å². The molecule has 128 valence electrons. The maximum absolute atomic E-state index is 12.7. The fourth-order valence-electron chi connectivity index (χ4n) is 4.19. The van der Waals surface area contributed by atoms with Crippen LogP contribution in [0, 0.1) is 11.8 Å². The highest BCUT2D eigenvalue weighted by molar-refractivity contribution is 6.30. The number of hydrogen-bond acceptors (Lipinski definition) is 5. The van der Waals surface area contributed by atoms with Crippen LogP contribution >= 0.6 is 11.6 Å². The number of hydrogen-bond donors (Lipinski definition) is 0. The van der Waals surface area contributed by atoms with Crippen LogP contribution in [0.5, 0.6) is 0 Å². The maximum atomic E-state index is 12.7. The molecule has 2 aromatic rings. The van der Waals surface area contributed by atoms with E-state index in [4.69, 9.17) is 16.3 Å². The Morgan fingerprint density at radius 1 is 1.16 bits per heavy atom. The third-order valence-corrected chi connectivity index (χ3v) is 5.48. The Morgan fingerprint density at radius 3 is 2.56 bits per heavy atom. The second-order valence-electron chi connectivity index (χ2n) is 6.73. The first-order valence-corrected chi connectivity index (χ1v) is 8.67. The Labute approximate surface area is 148 Å². The molecule has 0 saturated carbocycles. The van der Waals surface area contributed by atoms with Crippen molar-refractivity contribution >= 4 is 29.4 Å². The quantitative estimate of drug-likeness (QED) is 0.780. The first-order valence-electron chi connectivity index (χ1n) is 8.29. The van der Waals surface area contributed by atoms with Gasteiger partial charge in [-0.15, -0.1) is 5.10 Å². The number of carbonyl (C=O) groups excluding carboxylic acids is 2. The summed E-state index contributed by atoms with van der Waals surface area (Å²) in [4.78, 5) is 30.8. The standard InChI is InChI=1S/C17H15ClN4O3/c18-10-3-1-2-9(6-10)7-21-8-19-17(20-21)22-15(23)13-11-4-5-12(25-11)14(13)16(22)24/h1-3,6,8,11-14H,4-5,7H2/t11-,12-,13-,14-/m0/s1. The van der Waals surface area contributed by atoms with E-state index in [1.54, 1.807) is 10.7 Å². The van der Waals surface area contributed by atoms with Crippen molar-refractivity contribution in [1.82, 2.24) is 14.8 Å². The molecule has 8 heteroatoms. The Balaban J connectivity index is 1.40. The van der Waals surface area contributed by atoms with E-state index in [2.05, 4.69) is 10.1 Å². The van der Waals surface area contributed by atoms with Gasteiger partial charge in [0.25, 0.3) is 5.95 Å². The summed E-state index contributed by atoms with van der Waals surface area (Å²) >= 11 is 5.99. The smallest absolute Gasteiger partial charge is 0.258 e. The normalized spacial score (nSPS) is 30.4. The number of amides is 2. The molecule has 3 saturated heterocycles. The highest BCUT2D eigenvalue weighted by Gasteiger charge is 2.63. The zero-order valence-corrected chi connectivity index (χ0v) is 14.0. The molecule has 0 radical (unpaired) electrons. The molecule has 7 nitrogen and oxygen atoms in total. The molecule has 3 aliphatic heterocycles.